The van der Waals surface area contributed by atoms with E-state index in [-0.39, 0.29) is 10.9 Å². The third-order valence-electron chi connectivity index (χ3n) is 1.81. The summed E-state index contributed by atoms with van der Waals surface area (Å²) in [5.41, 5.74) is 0. The summed E-state index contributed by atoms with van der Waals surface area (Å²) in [4.78, 5) is 10.8. The van der Waals surface area contributed by atoms with Gasteiger partial charge in [0.15, 0.2) is 11.3 Å². The second-order valence-electron chi connectivity index (χ2n) is 3.03. The molecule has 15 heavy (non-hydrogen) atoms. The van der Waals surface area contributed by atoms with Crippen LogP contribution in [0.1, 0.15) is 26.2 Å². The van der Waals surface area contributed by atoms with Crippen molar-refractivity contribution in [3.8, 4) is 0 Å². The summed E-state index contributed by atoms with van der Waals surface area (Å²) in [6, 6.07) is 0. The summed E-state index contributed by atoms with van der Waals surface area (Å²) in [7, 11) is 0. The van der Waals surface area contributed by atoms with Gasteiger partial charge in [-0.25, -0.2) is 13.2 Å². The van der Waals surface area contributed by atoms with Crippen molar-refractivity contribution in [2.75, 3.05) is 12.4 Å². The Balaban J connectivity index is 3.82. The third-order valence-corrected chi connectivity index (χ3v) is 2.86. The van der Waals surface area contributed by atoms with Crippen LogP contribution in [0.25, 0.3) is 0 Å². The summed E-state index contributed by atoms with van der Waals surface area (Å²) in [6.45, 7) is 0.397. The van der Waals surface area contributed by atoms with Crippen LogP contribution in [0, 0.1) is 0 Å². The Morgan fingerprint density at radius 1 is 1.47 bits per heavy atom. The van der Waals surface area contributed by atoms with E-state index in [1.165, 1.54) is 0 Å². The van der Waals surface area contributed by atoms with Crippen LogP contribution in [0.4, 0.5) is 17.6 Å². The molecule has 0 fully saturated rings. The van der Waals surface area contributed by atoms with E-state index in [1.54, 1.807) is 6.92 Å². The molecule has 0 rings (SSSR count). The summed E-state index contributed by atoms with van der Waals surface area (Å²) >= 11 is 0.833. The lowest BCUT2D eigenvalue weighted by Gasteiger charge is -2.18. The Labute approximate surface area is 90.6 Å². The predicted octanol–water partition coefficient (Wildman–Crippen LogP) is 3.38. The molecule has 0 spiro atoms. The molecule has 0 N–H and O–H groups in total. The van der Waals surface area contributed by atoms with Gasteiger partial charge < -0.3 is 0 Å². The van der Waals surface area contributed by atoms with Crippen LogP contribution in [-0.2, 0) is 4.79 Å². The molecule has 0 aliphatic heterocycles. The largest absolute Gasteiger partial charge is 0.287 e. The van der Waals surface area contributed by atoms with Gasteiger partial charge in [0.05, 0.1) is 6.67 Å². The van der Waals surface area contributed by atoms with Crippen LogP contribution in [0.5, 0.6) is 0 Å². The van der Waals surface area contributed by atoms with E-state index in [1.807, 2.05) is 0 Å². The second kappa shape index (κ2) is 7.09. The molecule has 0 bridgehead atoms. The Kier molecular flexibility index (Phi) is 6.96. The van der Waals surface area contributed by atoms with Gasteiger partial charge in [-0.05, 0) is 6.42 Å². The fraction of sp³-hybridized carbons (Fsp3) is 0.889. The normalized spacial score (nSPS) is 13.9. The molecule has 0 amide bonds. The topological polar surface area (TPSA) is 17.1 Å². The van der Waals surface area contributed by atoms with Gasteiger partial charge in [0, 0.05) is 18.6 Å². The van der Waals surface area contributed by atoms with Crippen molar-refractivity contribution in [2.24, 2.45) is 0 Å². The van der Waals surface area contributed by atoms with Crippen LogP contribution >= 0.6 is 11.8 Å². The van der Waals surface area contributed by atoms with Crippen LogP contribution in [0.2, 0.25) is 0 Å². The zero-order valence-corrected chi connectivity index (χ0v) is 9.26. The van der Waals surface area contributed by atoms with Gasteiger partial charge in [0.2, 0.25) is 0 Å². The van der Waals surface area contributed by atoms with Gasteiger partial charge in [0.1, 0.15) is 0 Å². The minimum absolute atomic E-state index is 0.00964. The molecule has 90 valence electrons. The molecule has 1 atom stereocenters. The summed E-state index contributed by atoms with van der Waals surface area (Å²) in [5, 5.41) is -0.156. The molecule has 0 aromatic carbocycles. The minimum atomic E-state index is -3.62. The number of carbonyl (C=O) groups is 1. The number of halogens is 4. The van der Waals surface area contributed by atoms with E-state index in [0.717, 1.165) is 11.8 Å². The van der Waals surface area contributed by atoms with Crippen molar-refractivity contribution in [1.82, 2.24) is 0 Å². The molecule has 0 aromatic rings. The Hall–Kier alpha value is -0.260. The average Bonchev–Trinajstić information content (AvgIpc) is 2.17. The molecule has 1 unspecified atom stereocenters. The maximum Gasteiger partial charge on any atom is 0.281 e. The van der Waals surface area contributed by atoms with Gasteiger partial charge in [-0.15, -0.1) is 0 Å². The monoisotopic (exact) mass is 246 g/mol. The average molecular weight is 246 g/mol. The first-order chi connectivity index (χ1) is 6.94. The molecular weight excluding hydrogens is 232 g/mol. The summed E-state index contributed by atoms with van der Waals surface area (Å²) < 4.78 is 50.0. The van der Waals surface area contributed by atoms with Gasteiger partial charge in [0.25, 0.3) is 5.92 Å². The highest BCUT2D eigenvalue weighted by molar-refractivity contribution is 8.13. The molecule has 0 heterocycles. The van der Waals surface area contributed by atoms with Gasteiger partial charge >= 0.3 is 0 Å². The smallest absolute Gasteiger partial charge is 0.281 e. The number of hydrogen-bond acceptors (Lipinski definition) is 2. The van der Waals surface area contributed by atoms with E-state index in [0.29, 0.717) is 6.42 Å². The van der Waals surface area contributed by atoms with E-state index >= 15 is 0 Å². The van der Waals surface area contributed by atoms with Crippen molar-refractivity contribution in [2.45, 2.75) is 38.3 Å². The first kappa shape index (κ1) is 14.7. The molecule has 0 aliphatic carbocycles. The zero-order chi connectivity index (χ0) is 11.9. The molecule has 0 saturated heterocycles. The van der Waals surface area contributed by atoms with Crippen LogP contribution in [-0.4, -0.2) is 29.6 Å². The third kappa shape index (κ3) is 6.02. The SMILES string of the molecule is CCC(=O)SCCC(F)C(F)(F)CCF. The molecule has 0 saturated carbocycles. The van der Waals surface area contributed by atoms with E-state index in [2.05, 4.69) is 0 Å². The number of hydrogen-bond donors (Lipinski definition) is 0. The van der Waals surface area contributed by atoms with Gasteiger partial charge in [-0.2, -0.15) is 0 Å². The molecule has 0 aromatic heterocycles. The van der Waals surface area contributed by atoms with E-state index in [9.17, 15) is 22.4 Å². The predicted molar refractivity (Wildman–Crippen MR) is 52.8 cm³/mol. The van der Waals surface area contributed by atoms with E-state index in [4.69, 9.17) is 0 Å². The molecule has 1 nitrogen and oxygen atoms in total. The quantitative estimate of drug-likeness (QED) is 0.640. The van der Waals surface area contributed by atoms with Crippen LogP contribution < -0.4 is 0 Å². The maximum absolute atomic E-state index is 12.9. The fourth-order valence-electron chi connectivity index (χ4n) is 0.872. The summed E-state index contributed by atoms with van der Waals surface area (Å²) in [5.74, 6) is -3.61. The fourth-order valence-corrected chi connectivity index (χ4v) is 1.63. The van der Waals surface area contributed by atoms with Crippen molar-refractivity contribution < 1.29 is 22.4 Å². The first-order valence-corrected chi connectivity index (χ1v) is 5.66. The number of rotatable bonds is 7. The van der Waals surface area contributed by atoms with Crippen molar-refractivity contribution in [3.05, 3.63) is 0 Å². The van der Waals surface area contributed by atoms with Gasteiger partial charge in [-0.3, -0.25) is 9.18 Å². The van der Waals surface area contributed by atoms with Gasteiger partial charge in [-0.1, -0.05) is 18.7 Å². The van der Waals surface area contributed by atoms with Crippen LogP contribution in [0.3, 0.4) is 0 Å². The first-order valence-electron chi connectivity index (χ1n) is 4.67. The minimum Gasteiger partial charge on any atom is -0.287 e. The molecule has 0 aliphatic rings. The van der Waals surface area contributed by atoms with Crippen molar-refractivity contribution in [3.63, 3.8) is 0 Å². The molecule has 0 radical (unpaired) electrons. The van der Waals surface area contributed by atoms with Crippen molar-refractivity contribution >= 4 is 16.9 Å². The molecular formula is C9H14F4OS. The second-order valence-corrected chi connectivity index (χ2v) is 4.18. The standard InChI is InChI=1S/C9H14F4OS/c1-2-8(14)15-6-3-7(11)9(12,13)4-5-10/h7H,2-6H2,1H3. The molecule has 6 heteroatoms. The summed E-state index contributed by atoms with van der Waals surface area (Å²) in [6.07, 6.45) is -3.60. The maximum atomic E-state index is 12.9. The number of alkyl halides is 4. The lowest BCUT2D eigenvalue weighted by atomic mass is 10.1. The zero-order valence-electron chi connectivity index (χ0n) is 8.44. The highest BCUT2D eigenvalue weighted by atomic mass is 32.2. The highest BCUT2D eigenvalue weighted by Crippen LogP contribution is 2.28. The number of carbonyl (C=O) groups excluding carboxylic acids is 1. The lowest BCUT2D eigenvalue weighted by molar-refractivity contribution is -0.110. The lowest BCUT2D eigenvalue weighted by Crippen LogP contribution is -2.31. The Bertz CT molecular complexity index is 199. The Morgan fingerprint density at radius 3 is 2.53 bits per heavy atom. The van der Waals surface area contributed by atoms with Crippen LogP contribution in [0.15, 0.2) is 0 Å². The Morgan fingerprint density at radius 2 is 2.07 bits per heavy atom. The number of thioether (sulfide) groups is 1. The van der Waals surface area contributed by atoms with E-state index < -0.39 is 31.6 Å². The van der Waals surface area contributed by atoms with Crippen molar-refractivity contribution in [1.29, 1.82) is 0 Å². The highest BCUT2D eigenvalue weighted by Gasteiger charge is 2.39.